The first kappa shape index (κ1) is 14.1. The summed E-state index contributed by atoms with van der Waals surface area (Å²) in [6.45, 7) is 0.0243. The number of halogens is 1. The van der Waals surface area contributed by atoms with Crippen molar-refractivity contribution >= 4 is 35.6 Å². The molecule has 2 aromatic carbocycles. The Morgan fingerprint density at radius 3 is 2.79 bits per heavy atom. The number of carbonyl (C=O) groups excluding carboxylic acids is 1. The molecule has 6 heteroatoms. The van der Waals surface area contributed by atoms with E-state index in [1.807, 2.05) is 42.5 Å². The fourth-order valence-electron chi connectivity index (χ4n) is 1.59. The van der Waals surface area contributed by atoms with E-state index in [2.05, 4.69) is 9.82 Å². The largest absolute Gasteiger partial charge is 0.468 e. The topological polar surface area (TPSA) is 47.6 Å². The maximum Gasteiger partial charge on any atom is 0.320 e. The highest BCUT2D eigenvalue weighted by molar-refractivity contribution is 7.78. The SMILES string of the molecule is COC(=O)CNP(Cl)Oc1cccc2ccccc12. The van der Waals surface area contributed by atoms with Crippen molar-refractivity contribution < 1.29 is 14.1 Å². The molecule has 1 atom stereocenters. The molecule has 1 N–H and O–H groups in total. The van der Waals surface area contributed by atoms with Gasteiger partial charge in [0.1, 0.15) is 12.3 Å². The molecule has 0 radical (unpaired) electrons. The normalized spacial score (nSPS) is 12.1. The Bertz CT molecular complexity index is 573. The number of nitrogens with one attached hydrogen (secondary N) is 1. The van der Waals surface area contributed by atoms with Gasteiger partial charge in [-0.2, -0.15) is 0 Å². The summed E-state index contributed by atoms with van der Waals surface area (Å²) < 4.78 is 10.1. The van der Waals surface area contributed by atoms with Gasteiger partial charge >= 0.3 is 5.97 Å². The van der Waals surface area contributed by atoms with E-state index in [4.69, 9.17) is 15.8 Å². The summed E-state index contributed by atoms with van der Waals surface area (Å²) in [6, 6.07) is 13.6. The zero-order valence-electron chi connectivity index (χ0n) is 10.3. The van der Waals surface area contributed by atoms with E-state index in [1.54, 1.807) is 0 Å². The predicted octanol–water partition coefficient (Wildman–Crippen LogP) is 3.45. The van der Waals surface area contributed by atoms with Gasteiger partial charge < -0.3 is 9.26 Å². The lowest BCUT2D eigenvalue weighted by molar-refractivity contribution is -0.139. The van der Waals surface area contributed by atoms with Crippen molar-refractivity contribution in [3.8, 4) is 5.75 Å². The van der Waals surface area contributed by atoms with Crippen molar-refractivity contribution in [2.24, 2.45) is 0 Å². The summed E-state index contributed by atoms with van der Waals surface area (Å²) in [7, 11) is -0.121. The Morgan fingerprint density at radius 1 is 1.26 bits per heavy atom. The molecule has 0 aromatic heterocycles. The van der Waals surface area contributed by atoms with Crippen molar-refractivity contribution in [1.29, 1.82) is 0 Å². The first-order chi connectivity index (χ1) is 9.20. The third kappa shape index (κ3) is 3.80. The number of benzene rings is 2. The minimum absolute atomic E-state index is 0.0243. The highest BCUT2D eigenvalue weighted by Gasteiger charge is 2.11. The number of carbonyl (C=O) groups is 1. The van der Waals surface area contributed by atoms with Gasteiger partial charge in [0.25, 0.3) is 7.65 Å². The molecule has 0 aliphatic carbocycles. The van der Waals surface area contributed by atoms with Crippen molar-refractivity contribution in [1.82, 2.24) is 5.09 Å². The second-order valence-electron chi connectivity index (χ2n) is 3.72. The molecule has 0 amide bonds. The molecular formula is C13H13ClNO3P. The van der Waals surface area contributed by atoms with E-state index in [-0.39, 0.29) is 12.5 Å². The number of ether oxygens (including phenoxy) is 1. The van der Waals surface area contributed by atoms with Gasteiger partial charge in [-0.05, 0) is 22.7 Å². The molecule has 0 bridgehead atoms. The van der Waals surface area contributed by atoms with Crippen LogP contribution < -0.4 is 9.61 Å². The Morgan fingerprint density at radius 2 is 2.00 bits per heavy atom. The van der Waals surface area contributed by atoms with Crippen LogP contribution in [0.25, 0.3) is 10.8 Å². The lowest BCUT2D eigenvalue weighted by Gasteiger charge is -2.13. The number of hydrogen-bond acceptors (Lipinski definition) is 4. The maximum absolute atomic E-state index is 11.0. The van der Waals surface area contributed by atoms with Crippen molar-refractivity contribution in [3.63, 3.8) is 0 Å². The van der Waals surface area contributed by atoms with Crippen molar-refractivity contribution in [2.45, 2.75) is 0 Å². The molecule has 2 rings (SSSR count). The van der Waals surface area contributed by atoms with Gasteiger partial charge in [0.2, 0.25) is 0 Å². The minimum atomic E-state index is -1.45. The lowest BCUT2D eigenvalue weighted by atomic mass is 10.1. The summed E-state index contributed by atoms with van der Waals surface area (Å²) in [5.74, 6) is 0.311. The predicted molar refractivity (Wildman–Crippen MR) is 77.4 cm³/mol. The van der Waals surface area contributed by atoms with Gasteiger partial charge in [0.05, 0.1) is 7.11 Å². The first-order valence-corrected chi connectivity index (χ1v) is 7.79. The van der Waals surface area contributed by atoms with Gasteiger partial charge in [0.15, 0.2) is 0 Å². The molecule has 2 aromatic rings. The summed E-state index contributed by atoms with van der Waals surface area (Å²) in [5, 5.41) is 4.84. The number of esters is 1. The second-order valence-corrected chi connectivity index (χ2v) is 5.63. The first-order valence-electron chi connectivity index (χ1n) is 5.62. The fraction of sp³-hybridized carbons (Fsp3) is 0.154. The molecule has 0 fully saturated rings. The molecule has 100 valence electrons. The molecule has 0 heterocycles. The molecule has 0 aliphatic rings. The van der Waals surface area contributed by atoms with Crippen molar-refractivity contribution in [2.75, 3.05) is 13.7 Å². The number of methoxy groups -OCH3 is 1. The molecule has 0 saturated heterocycles. The Hall–Kier alpha value is -1.35. The lowest BCUT2D eigenvalue weighted by Crippen LogP contribution is -2.19. The summed E-state index contributed by atoms with van der Waals surface area (Å²) in [5.41, 5.74) is 0. The van der Waals surface area contributed by atoms with Crippen LogP contribution in [0.3, 0.4) is 0 Å². The minimum Gasteiger partial charge on any atom is -0.468 e. The smallest absolute Gasteiger partial charge is 0.320 e. The van der Waals surface area contributed by atoms with Crippen LogP contribution in [0.4, 0.5) is 0 Å². The summed E-state index contributed by atoms with van der Waals surface area (Å²) in [6.07, 6.45) is 0. The Balaban J connectivity index is 2.06. The fourth-order valence-corrected chi connectivity index (χ4v) is 2.64. The van der Waals surface area contributed by atoms with Crippen LogP contribution in [0.5, 0.6) is 5.75 Å². The average Bonchev–Trinajstić information content (AvgIpc) is 2.45. The third-order valence-electron chi connectivity index (χ3n) is 2.50. The van der Waals surface area contributed by atoms with Crippen LogP contribution in [-0.2, 0) is 9.53 Å². The quantitative estimate of drug-likeness (QED) is 0.678. The van der Waals surface area contributed by atoms with Gasteiger partial charge in [-0.15, -0.1) is 0 Å². The number of rotatable bonds is 5. The van der Waals surface area contributed by atoms with Gasteiger partial charge in [0, 0.05) is 5.39 Å². The van der Waals surface area contributed by atoms with E-state index < -0.39 is 7.65 Å². The Labute approximate surface area is 117 Å². The van der Waals surface area contributed by atoms with Gasteiger partial charge in [-0.25, -0.2) is 5.09 Å². The average molecular weight is 298 g/mol. The van der Waals surface area contributed by atoms with E-state index in [0.717, 1.165) is 10.8 Å². The van der Waals surface area contributed by atoms with Gasteiger partial charge in [-0.3, -0.25) is 4.79 Å². The van der Waals surface area contributed by atoms with E-state index in [9.17, 15) is 4.79 Å². The molecular weight excluding hydrogens is 285 g/mol. The van der Waals surface area contributed by atoms with E-state index in [0.29, 0.717) is 5.75 Å². The highest BCUT2D eigenvalue weighted by Crippen LogP contribution is 2.41. The van der Waals surface area contributed by atoms with E-state index >= 15 is 0 Å². The van der Waals surface area contributed by atoms with E-state index in [1.165, 1.54) is 7.11 Å². The molecule has 0 spiro atoms. The van der Waals surface area contributed by atoms with Crippen LogP contribution in [0.1, 0.15) is 0 Å². The summed E-state index contributed by atoms with van der Waals surface area (Å²) in [4.78, 5) is 11.0. The van der Waals surface area contributed by atoms with Crippen LogP contribution in [-0.4, -0.2) is 19.6 Å². The van der Waals surface area contributed by atoms with Crippen LogP contribution in [0, 0.1) is 0 Å². The standard InChI is InChI=1S/C13H13ClNO3P/c1-17-13(16)9-15-19(14)18-12-8-4-6-10-5-2-3-7-11(10)12/h2-8,15H,9H2,1H3. The van der Waals surface area contributed by atoms with Gasteiger partial charge in [-0.1, -0.05) is 36.4 Å². The molecule has 0 aliphatic heterocycles. The van der Waals surface area contributed by atoms with Crippen LogP contribution in [0.2, 0.25) is 0 Å². The zero-order valence-corrected chi connectivity index (χ0v) is 11.9. The monoisotopic (exact) mass is 297 g/mol. The molecule has 0 saturated carbocycles. The van der Waals surface area contributed by atoms with Crippen LogP contribution >= 0.6 is 18.9 Å². The van der Waals surface area contributed by atoms with Crippen molar-refractivity contribution in [3.05, 3.63) is 42.5 Å². The maximum atomic E-state index is 11.0. The molecule has 4 nitrogen and oxygen atoms in total. The summed E-state index contributed by atoms with van der Waals surface area (Å²) >= 11 is 6.04. The highest BCUT2D eigenvalue weighted by atomic mass is 35.7. The third-order valence-corrected chi connectivity index (χ3v) is 3.83. The number of fused-ring (bicyclic) bond motifs is 1. The number of hydrogen-bond donors (Lipinski definition) is 1. The zero-order chi connectivity index (χ0) is 13.7. The Kier molecular flexibility index (Phi) is 4.97. The van der Waals surface area contributed by atoms with Crippen LogP contribution in [0.15, 0.2) is 42.5 Å². The molecule has 1 unspecified atom stereocenters. The second kappa shape index (κ2) is 6.71. The molecule has 19 heavy (non-hydrogen) atoms.